The van der Waals surface area contributed by atoms with Gasteiger partial charge < -0.3 is 24.5 Å². The van der Waals surface area contributed by atoms with E-state index in [4.69, 9.17) is 48.9 Å². The summed E-state index contributed by atoms with van der Waals surface area (Å²) in [6.45, 7) is 9.49. The average Bonchev–Trinajstić information content (AvgIpc) is 2.76. The molecule has 0 fully saturated rings. The first-order valence-electron chi connectivity index (χ1n) is 13.0. The largest absolute Gasteiger partial charge is 0.632 e. The first kappa shape index (κ1) is 55.5. The molecule has 10 N–H and O–H groups in total. The number of rotatable bonds is 15. The van der Waals surface area contributed by atoms with E-state index in [1.807, 2.05) is 34.6 Å². The predicted octanol–water partition coefficient (Wildman–Crippen LogP) is -0.532. The van der Waals surface area contributed by atoms with Gasteiger partial charge in [0.2, 0.25) is 39.7 Å². The van der Waals surface area contributed by atoms with Crippen LogP contribution in [-0.4, -0.2) is 79.7 Å². The third kappa shape index (κ3) is 92.2. The number of hydrogen-bond donors (Lipinski definition) is 10. The van der Waals surface area contributed by atoms with Crippen LogP contribution in [0.4, 0.5) is 0 Å². The molecule has 255 valence electrons. The van der Waals surface area contributed by atoms with Crippen molar-refractivity contribution >= 4 is 39.7 Å². The minimum atomic E-state index is -3.68. The van der Waals surface area contributed by atoms with Gasteiger partial charge in [0.15, 0.2) is 0 Å². The van der Waals surface area contributed by atoms with Crippen LogP contribution in [0.1, 0.15) is 98.8 Å². The van der Waals surface area contributed by atoms with Crippen molar-refractivity contribution in [2.24, 2.45) is 0 Å². The van der Waals surface area contributed by atoms with Gasteiger partial charge in [0.05, 0.1) is 0 Å². The summed E-state index contributed by atoms with van der Waals surface area (Å²) in [5, 5.41) is 0. The zero-order chi connectivity index (χ0) is 33.1. The molecule has 0 heterocycles. The van der Waals surface area contributed by atoms with Gasteiger partial charge in [0, 0.05) is 18.6 Å². The molecule has 0 unspecified atom stereocenters. The molecule has 0 saturated carbocycles. The number of hydrogen-bond acceptors (Lipinski definition) is 15. The summed E-state index contributed by atoms with van der Waals surface area (Å²) in [7, 11) is -18.4. The van der Waals surface area contributed by atoms with E-state index in [0.717, 1.165) is 32.1 Å². The van der Waals surface area contributed by atoms with Crippen LogP contribution in [0.2, 0.25) is 0 Å². The Bertz CT molecular complexity index is 405. The molecule has 41 heavy (non-hydrogen) atoms. The molecule has 0 aliphatic carbocycles. The Labute approximate surface area is 260 Å². The fourth-order valence-corrected chi connectivity index (χ4v) is 5.46. The molecule has 0 aliphatic rings. The van der Waals surface area contributed by atoms with E-state index in [-0.39, 0.29) is 49.4 Å². The Morgan fingerprint density at radius 1 is 0.317 bits per heavy atom. The van der Waals surface area contributed by atoms with E-state index >= 15 is 0 Å². The molecule has 0 atom stereocenters. The van der Waals surface area contributed by atoms with E-state index in [1.54, 1.807) is 0 Å². The quantitative estimate of drug-likeness (QED) is 0.0943. The third-order valence-electron chi connectivity index (χ3n) is 4.01. The molecule has 0 spiro atoms. The van der Waals surface area contributed by atoms with Crippen LogP contribution in [0.25, 0.3) is 0 Å². The molecule has 0 aliphatic heterocycles. The molecule has 0 bridgehead atoms. The van der Waals surface area contributed by atoms with Crippen LogP contribution in [0, 0.1) is 0 Å². The summed E-state index contributed by atoms with van der Waals surface area (Å²) in [6, 6.07) is 0. The summed E-state index contributed by atoms with van der Waals surface area (Å²) < 4.78 is 0. The summed E-state index contributed by atoms with van der Waals surface area (Å²) >= 11 is 0. The van der Waals surface area contributed by atoms with Gasteiger partial charge in [-0.25, -0.2) is 48.9 Å². The first-order chi connectivity index (χ1) is 17.8. The standard InChI is InChI=1S/5C4H11O3P.V/c5*1-2-3-4-8(5,6)7;/h5*2-4H2,1H3,(H2,5,6,7);. The maximum Gasteiger partial charge on any atom is 0.230 e. The summed E-state index contributed by atoms with van der Waals surface area (Å²) in [4.78, 5) is 133. The number of unbranched alkanes of at least 4 members (excludes halogenated alkanes) is 5. The molecule has 0 amide bonds. The van der Waals surface area contributed by atoms with Crippen molar-refractivity contribution in [2.45, 2.75) is 98.8 Å². The molecule has 1 radical (unpaired) electrons. The molecular formula is C20H55O15P5V. The predicted molar refractivity (Wildman–Crippen MR) is 156 cm³/mol. The Kier molecular flexibility index (Phi) is 43.5. The molecule has 21 heteroatoms. The van der Waals surface area contributed by atoms with Gasteiger partial charge in [-0.05, 0) is 32.1 Å². The minimum Gasteiger partial charge on any atom is -0.632 e. The summed E-state index contributed by atoms with van der Waals surface area (Å²) in [5.41, 5.74) is 0. The van der Waals surface area contributed by atoms with Crippen molar-refractivity contribution < 1.29 is 92.0 Å². The van der Waals surface area contributed by atoms with Crippen LogP contribution in [0.3, 0.4) is 0 Å². The Morgan fingerprint density at radius 2 is 0.415 bits per heavy atom. The molecular weight excluding hydrogens is 686 g/mol. The zero-order valence-electron chi connectivity index (χ0n) is 24.8. The molecule has 0 aromatic heterocycles. The third-order valence-corrected chi connectivity index (χ3v) is 8.51. The van der Waals surface area contributed by atoms with E-state index in [9.17, 15) is 24.5 Å². The second-order valence-corrected chi connectivity index (χ2v) is 17.6. The maximum absolute atomic E-state index is 10.1. The normalized spacial score (nSPS) is 11.7. The Hall–Kier alpha value is 2.13. The average molecular weight is 741 g/mol. The van der Waals surface area contributed by atoms with Crippen molar-refractivity contribution in [3.8, 4) is 0 Å². The smallest absolute Gasteiger partial charge is 0.230 e. The van der Waals surface area contributed by atoms with Crippen LogP contribution in [-0.2, 0) is 18.6 Å². The zero-order valence-corrected chi connectivity index (χ0v) is 30.7. The molecule has 0 aromatic rings. The van der Waals surface area contributed by atoms with Crippen molar-refractivity contribution in [1.82, 2.24) is 0 Å². The van der Waals surface area contributed by atoms with E-state index < -0.39 is 39.7 Å². The van der Waals surface area contributed by atoms with E-state index in [2.05, 4.69) is 0 Å². The van der Waals surface area contributed by atoms with Crippen LogP contribution in [0.15, 0.2) is 0 Å². The van der Waals surface area contributed by atoms with Gasteiger partial charge >= 0.3 is 0 Å². The SMILES string of the molecule is CCCC[P+]([O-])(O)O.CCCC[P+]([O-])(O)O.CCCC[P+]([O-])(O)O.CCCC[P+]([O-])(O)O.CCCC[P+]([O-])(O)O.[V]. The van der Waals surface area contributed by atoms with Gasteiger partial charge in [0.25, 0.3) is 0 Å². The Morgan fingerprint density at radius 3 is 0.439 bits per heavy atom. The maximum atomic E-state index is 10.1. The van der Waals surface area contributed by atoms with Gasteiger partial charge in [-0.15, -0.1) is 0 Å². The Balaban J connectivity index is -0.0000000928. The van der Waals surface area contributed by atoms with Crippen LogP contribution < -0.4 is 24.5 Å². The monoisotopic (exact) mass is 741 g/mol. The summed E-state index contributed by atoms with van der Waals surface area (Å²) in [6.07, 6.45) is 7.43. The van der Waals surface area contributed by atoms with Crippen molar-refractivity contribution in [2.75, 3.05) is 30.8 Å². The molecule has 0 rings (SSSR count). The van der Waals surface area contributed by atoms with Crippen molar-refractivity contribution in [3.05, 3.63) is 0 Å². The van der Waals surface area contributed by atoms with Crippen molar-refractivity contribution in [1.29, 1.82) is 0 Å². The van der Waals surface area contributed by atoms with Gasteiger partial charge in [-0.3, -0.25) is 0 Å². The molecule has 15 nitrogen and oxygen atoms in total. The molecule has 0 aromatic carbocycles. The fourth-order valence-electron chi connectivity index (χ4n) is 1.82. The van der Waals surface area contributed by atoms with E-state index in [1.165, 1.54) is 0 Å². The van der Waals surface area contributed by atoms with E-state index in [0.29, 0.717) is 32.1 Å². The van der Waals surface area contributed by atoms with Crippen molar-refractivity contribution in [3.63, 3.8) is 0 Å². The fraction of sp³-hybridized carbons (Fsp3) is 1.00. The topological polar surface area (TPSA) is 318 Å². The second kappa shape index (κ2) is 32.1. The van der Waals surface area contributed by atoms with Crippen LogP contribution in [0.5, 0.6) is 0 Å². The summed E-state index contributed by atoms with van der Waals surface area (Å²) in [5.74, 6) is 0. The molecule has 0 saturated heterocycles. The first-order valence-corrected chi connectivity index (χ1v) is 22.0. The van der Waals surface area contributed by atoms with Gasteiger partial charge in [-0.1, -0.05) is 66.7 Å². The minimum absolute atomic E-state index is 0. The van der Waals surface area contributed by atoms with Gasteiger partial charge in [-0.2, -0.15) is 0 Å². The van der Waals surface area contributed by atoms with Crippen LogP contribution >= 0.6 is 39.7 Å². The van der Waals surface area contributed by atoms with Gasteiger partial charge in [0.1, 0.15) is 30.8 Å². The second-order valence-electron chi connectivity index (χ2n) is 8.71.